The summed E-state index contributed by atoms with van der Waals surface area (Å²) in [6, 6.07) is 5.90. The van der Waals surface area contributed by atoms with Gasteiger partial charge in [-0.1, -0.05) is 15.9 Å². The fraction of sp³-hybridized carbons (Fsp3) is 0.182. The molecule has 0 spiro atoms. The summed E-state index contributed by atoms with van der Waals surface area (Å²) in [5.41, 5.74) is 7.80. The van der Waals surface area contributed by atoms with Crippen LogP contribution < -0.4 is 5.73 Å². The van der Waals surface area contributed by atoms with Crippen molar-refractivity contribution in [3.8, 4) is 0 Å². The number of aryl methyl sites for hydroxylation is 1. The molecule has 6 nitrogen and oxygen atoms in total. The Balaban J connectivity index is 2.11. The lowest BCUT2D eigenvalue weighted by atomic mass is 10.3. The zero-order chi connectivity index (χ0) is 12.7. The second-order valence-corrected chi connectivity index (χ2v) is 4.96. The molecule has 0 atom stereocenters. The van der Waals surface area contributed by atoms with Gasteiger partial charge in [0.1, 0.15) is 6.33 Å². The molecule has 0 radical (unpaired) electrons. The van der Waals surface area contributed by atoms with Crippen molar-refractivity contribution >= 4 is 32.9 Å². The molecule has 0 amide bonds. The van der Waals surface area contributed by atoms with Gasteiger partial charge in [-0.25, -0.2) is 4.98 Å². The monoisotopic (exact) mass is 306 g/mol. The third-order valence-electron chi connectivity index (χ3n) is 2.84. The predicted octanol–water partition coefficient (Wildman–Crippen LogP) is 1.56. The Bertz CT molecular complexity index is 713. The molecule has 0 aliphatic rings. The van der Waals surface area contributed by atoms with Crippen molar-refractivity contribution in [1.82, 2.24) is 24.3 Å². The number of rotatable bonds is 2. The molecular formula is C11H11BrN6. The van der Waals surface area contributed by atoms with E-state index in [1.165, 1.54) is 0 Å². The third kappa shape index (κ3) is 1.76. The van der Waals surface area contributed by atoms with Crippen LogP contribution in [0.3, 0.4) is 0 Å². The number of benzene rings is 1. The topological polar surface area (TPSA) is 74.5 Å². The smallest absolute Gasteiger partial charge is 0.201 e. The van der Waals surface area contributed by atoms with Crippen LogP contribution in [0.25, 0.3) is 11.0 Å². The van der Waals surface area contributed by atoms with Crippen LogP contribution in [-0.2, 0) is 13.6 Å². The molecule has 92 valence electrons. The summed E-state index contributed by atoms with van der Waals surface area (Å²) in [6.45, 7) is 0.556. The van der Waals surface area contributed by atoms with E-state index in [2.05, 4.69) is 31.1 Å². The lowest BCUT2D eigenvalue weighted by Crippen LogP contribution is -2.08. The van der Waals surface area contributed by atoms with Gasteiger partial charge < -0.3 is 14.9 Å². The lowest BCUT2D eigenvalue weighted by molar-refractivity contribution is 0.718. The summed E-state index contributed by atoms with van der Waals surface area (Å²) >= 11 is 3.42. The zero-order valence-corrected chi connectivity index (χ0v) is 11.3. The molecule has 2 N–H and O–H groups in total. The Kier molecular flexibility index (Phi) is 2.55. The highest BCUT2D eigenvalue weighted by Gasteiger charge is 2.11. The molecule has 0 bridgehead atoms. The molecule has 3 rings (SSSR count). The number of fused-ring (bicyclic) bond motifs is 1. The maximum absolute atomic E-state index is 5.95. The van der Waals surface area contributed by atoms with Gasteiger partial charge in [-0.15, -0.1) is 10.2 Å². The van der Waals surface area contributed by atoms with Crippen LogP contribution in [0, 0.1) is 0 Å². The minimum atomic E-state index is 0.478. The number of hydrogen-bond donors (Lipinski definition) is 1. The number of aromatic nitrogens is 5. The number of nitrogen functional groups attached to an aromatic ring is 1. The van der Waals surface area contributed by atoms with E-state index in [4.69, 9.17) is 5.73 Å². The molecule has 1 aromatic carbocycles. The van der Waals surface area contributed by atoms with Crippen LogP contribution in [0.1, 0.15) is 5.82 Å². The number of imidazole rings is 1. The van der Waals surface area contributed by atoms with Crippen LogP contribution >= 0.6 is 15.9 Å². The summed E-state index contributed by atoms with van der Waals surface area (Å²) in [5.74, 6) is 1.31. The molecule has 18 heavy (non-hydrogen) atoms. The second kappa shape index (κ2) is 4.09. The largest absolute Gasteiger partial charge is 0.369 e. The average molecular weight is 307 g/mol. The van der Waals surface area contributed by atoms with Gasteiger partial charge in [0, 0.05) is 11.5 Å². The van der Waals surface area contributed by atoms with Crippen molar-refractivity contribution in [3.05, 3.63) is 34.8 Å². The predicted molar refractivity (Wildman–Crippen MR) is 72.0 cm³/mol. The average Bonchev–Trinajstić information content (AvgIpc) is 2.85. The van der Waals surface area contributed by atoms with E-state index in [0.29, 0.717) is 12.5 Å². The molecule has 0 saturated heterocycles. The normalized spacial score (nSPS) is 11.2. The quantitative estimate of drug-likeness (QED) is 0.779. The van der Waals surface area contributed by atoms with Crippen molar-refractivity contribution in [3.63, 3.8) is 0 Å². The van der Waals surface area contributed by atoms with E-state index < -0.39 is 0 Å². The summed E-state index contributed by atoms with van der Waals surface area (Å²) in [4.78, 5) is 4.34. The van der Waals surface area contributed by atoms with Gasteiger partial charge in [0.15, 0.2) is 5.82 Å². The first-order chi connectivity index (χ1) is 8.65. The van der Waals surface area contributed by atoms with Crippen molar-refractivity contribution in [1.29, 1.82) is 0 Å². The standard InChI is InChI=1S/C11H11BrN6/c1-17-6-14-16-10(17)5-18-9-3-2-7(12)4-8(9)15-11(18)13/h2-4,6H,5H2,1H3,(H2,13,15). The SMILES string of the molecule is Cn1cnnc1Cn1c(N)nc2cc(Br)ccc21. The van der Waals surface area contributed by atoms with E-state index >= 15 is 0 Å². The van der Waals surface area contributed by atoms with Gasteiger partial charge in [0.25, 0.3) is 0 Å². The van der Waals surface area contributed by atoms with Gasteiger partial charge in [0.2, 0.25) is 5.95 Å². The molecule has 0 aliphatic carbocycles. The Morgan fingerprint density at radius 2 is 2.22 bits per heavy atom. The number of hydrogen-bond acceptors (Lipinski definition) is 4. The Labute approximate surface area is 112 Å². The Hall–Kier alpha value is -1.89. The summed E-state index contributed by atoms with van der Waals surface area (Å²) in [7, 11) is 1.90. The number of halogens is 1. The summed E-state index contributed by atoms with van der Waals surface area (Å²) in [6.07, 6.45) is 1.67. The Morgan fingerprint density at radius 1 is 1.39 bits per heavy atom. The molecule has 7 heteroatoms. The van der Waals surface area contributed by atoms with E-state index in [0.717, 1.165) is 21.3 Å². The molecule has 2 aromatic heterocycles. The number of nitrogens with two attached hydrogens (primary N) is 1. The van der Waals surface area contributed by atoms with Crippen molar-refractivity contribution < 1.29 is 0 Å². The van der Waals surface area contributed by atoms with Gasteiger partial charge in [-0.3, -0.25) is 0 Å². The van der Waals surface area contributed by atoms with Crippen molar-refractivity contribution in [2.24, 2.45) is 7.05 Å². The molecule has 0 saturated carbocycles. The second-order valence-electron chi connectivity index (χ2n) is 4.05. The molecule has 2 heterocycles. The van der Waals surface area contributed by atoms with Crippen LogP contribution in [0.5, 0.6) is 0 Å². The first-order valence-electron chi connectivity index (χ1n) is 5.39. The molecular weight excluding hydrogens is 296 g/mol. The maximum atomic E-state index is 5.95. The summed E-state index contributed by atoms with van der Waals surface area (Å²) < 4.78 is 4.77. The lowest BCUT2D eigenvalue weighted by Gasteiger charge is -2.05. The van der Waals surface area contributed by atoms with E-state index in [1.807, 2.05) is 34.4 Å². The number of anilines is 1. The van der Waals surface area contributed by atoms with E-state index in [9.17, 15) is 0 Å². The highest BCUT2D eigenvalue weighted by atomic mass is 79.9. The van der Waals surface area contributed by atoms with E-state index in [1.54, 1.807) is 6.33 Å². The van der Waals surface area contributed by atoms with Gasteiger partial charge in [-0.2, -0.15) is 0 Å². The zero-order valence-electron chi connectivity index (χ0n) is 9.71. The van der Waals surface area contributed by atoms with Gasteiger partial charge in [0.05, 0.1) is 17.6 Å². The number of nitrogens with zero attached hydrogens (tertiary/aromatic N) is 5. The third-order valence-corrected chi connectivity index (χ3v) is 3.34. The first kappa shape index (κ1) is 11.2. The van der Waals surface area contributed by atoms with Crippen molar-refractivity contribution in [2.75, 3.05) is 5.73 Å². The van der Waals surface area contributed by atoms with Gasteiger partial charge in [-0.05, 0) is 18.2 Å². The molecule has 0 aliphatic heterocycles. The van der Waals surface area contributed by atoms with Crippen LogP contribution in [-0.4, -0.2) is 24.3 Å². The Morgan fingerprint density at radius 3 is 2.94 bits per heavy atom. The van der Waals surface area contributed by atoms with Crippen LogP contribution in [0.4, 0.5) is 5.95 Å². The fourth-order valence-electron chi connectivity index (χ4n) is 1.88. The highest BCUT2D eigenvalue weighted by molar-refractivity contribution is 9.10. The minimum Gasteiger partial charge on any atom is -0.369 e. The molecule has 3 aromatic rings. The first-order valence-corrected chi connectivity index (χ1v) is 6.18. The van der Waals surface area contributed by atoms with Crippen molar-refractivity contribution in [2.45, 2.75) is 6.54 Å². The highest BCUT2D eigenvalue weighted by Crippen LogP contribution is 2.22. The molecule has 0 unspecified atom stereocenters. The fourth-order valence-corrected chi connectivity index (χ4v) is 2.23. The van der Waals surface area contributed by atoms with Crippen LogP contribution in [0.15, 0.2) is 29.0 Å². The summed E-state index contributed by atoms with van der Waals surface area (Å²) in [5, 5.41) is 7.91. The maximum Gasteiger partial charge on any atom is 0.201 e. The van der Waals surface area contributed by atoms with Gasteiger partial charge >= 0.3 is 0 Å². The van der Waals surface area contributed by atoms with Crippen LogP contribution in [0.2, 0.25) is 0 Å². The minimum absolute atomic E-state index is 0.478. The van der Waals surface area contributed by atoms with E-state index in [-0.39, 0.29) is 0 Å². The molecule has 0 fully saturated rings.